The van der Waals surface area contributed by atoms with Gasteiger partial charge in [-0.15, -0.1) is 11.8 Å². The van der Waals surface area contributed by atoms with Crippen molar-refractivity contribution in [2.45, 2.75) is 31.6 Å². The fourth-order valence-corrected chi connectivity index (χ4v) is 3.61. The molecule has 0 amide bonds. The summed E-state index contributed by atoms with van der Waals surface area (Å²) in [6.07, 6.45) is 1.77. The smallest absolute Gasteiger partial charge is 0.332 e. The number of pyridine rings is 1. The average molecular weight is 337 g/mol. The summed E-state index contributed by atoms with van der Waals surface area (Å²) in [5.74, 6) is 0.988. The highest BCUT2D eigenvalue weighted by Crippen LogP contribution is 2.32. The third-order valence-electron chi connectivity index (χ3n) is 3.75. The molecule has 2 rings (SSSR count). The lowest BCUT2D eigenvalue weighted by Gasteiger charge is -2.16. The molecule has 0 saturated heterocycles. The Morgan fingerprint density at radius 2 is 1.96 bits per heavy atom. The first-order valence-electron chi connectivity index (χ1n) is 7.69. The van der Waals surface area contributed by atoms with E-state index in [1.165, 1.54) is 11.6 Å². The van der Waals surface area contributed by atoms with Gasteiger partial charge < -0.3 is 4.74 Å². The van der Waals surface area contributed by atoms with Crippen LogP contribution in [0.25, 0.3) is 11.0 Å². The third-order valence-corrected chi connectivity index (χ3v) is 4.85. The molecule has 0 saturated carbocycles. The number of hydrogen-bond donors (Lipinski definition) is 0. The van der Waals surface area contributed by atoms with Gasteiger partial charge >= 0.3 is 5.69 Å². The fraction of sp³-hybridized carbons (Fsp3) is 0.562. The van der Waals surface area contributed by atoms with Gasteiger partial charge in [0.2, 0.25) is 0 Å². The van der Waals surface area contributed by atoms with Gasteiger partial charge in [-0.1, -0.05) is 13.8 Å². The SMILES string of the molecule is CCOCCSc1c(C(C)C)cnc2c1c(=O)n(C)c(=O)n2C. The molecule has 0 spiro atoms. The van der Waals surface area contributed by atoms with Crippen LogP contribution in [0.4, 0.5) is 0 Å². The Kier molecular flexibility index (Phi) is 5.64. The number of nitrogens with zero attached hydrogens (tertiary/aromatic N) is 3. The van der Waals surface area contributed by atoms with E-state index in [9.17, 15) is 9.59 Å². The maximum Gasteiger partial charge on any atom is 0.332 e. The van der Waals surface area contributed by atoms with E-state index < -0.39 is 0 Å². The van der Waals surface area contributed by atoms with E-state index in [0.717, 1.165) is 20.8 Å². The molecule has 126 valence electrons. The first kappa shape index (κ1) is 17.7. The van der Waals surface area contributed by atoms with Crippen molar-refractivity contribution in [1.82, 2.24) is 14.1 Å². The predicted molar refractivity (Wildman–Crippen MR) is 93.5 cm³/mol. The van der Waals surface area contributed by atoms with Crippen LogP contribution >= 0.6 is 11.8 Å². The molecule has 0 aliphatic carbocycles. The number of aryl methyl sites for hydroxylation is 1. The molecule has 0 atom stereocenters. The van der Waals surface area contributed by atoms with Gasteiger partial charge in [0.25, 0.3) is 5.56 Å². The number of fused-ring (bicyclic) bond motifs is 1. The van der Waals surface area contributed by atoms with E-state index in [0.29, 0.717) is 24.2 Å². The van der Waals surface area contributed by atoms with Crippen LogP contribution in [0.15, 0.2) is 20.7 Å². The van der Waals surface area contributed by atoms with Crippen LogP contribution in [0.2, 0.25) is 0 Å². The second-order valence-electron chi connectivity index (χ2n) is 5.65. The molecule has 2 aromatic heterocycles. The Bertz CT molecular complexity index is 824. The molecule has 6 nitrogen and oxygen atoms in total. The first-order valence-corrected chi connectivity index (χ1v) is 8.67. The van der Waals surface area contributed by atoms with Gasteiger partial charge in [0.1, 0.15) is 5.65 Å². The quantitative estimate of drug-likeness (QED) is 0.595. The number of rotatable bonds is 6. The van der Waals surface area contributed by atoms with Crippen molar-refractivity contribution in [3.63, 3.8) is 0 Å². The zero-order valence-electron chi connectivity index (χ0n) is 14.3. The van der Waals surface area contributed by atoms with E-state index >= 15 is 0 Å². The van der Waals surface area contributed by atoms with E-state index in [2.05, 4.69) is 18.8 Å². The second-order valence-corrected chi connectivity index (χ2v) is 6.75. The van der Waals surface area contributed by atoms with Crippen molar-refractivity contribution in [2.24, 2.45) is 14.1 Å². The van der Waals surface area contributed by atoms with Crippen LogP contribution < -0.4 is 11.2 Å². The van der Waals surface area contributed by atoms with Gasteiger partial charge in [-0.25, -0.2) is 9.78 Å². The minimum atomic E-state index is -0.363. The lowest BCUT2D eigenvalue weighted by Crippen LogP contribution is -2.37. The third kappa shape index (κ3) is 3.35. The highest BCUT2D eigenvalue weighted by Gasteiger charge is 2.18. The summed E-state index contributed by atoms with van der Waals surface area (Å²) in [6, 6.07) is 0. The lowest BCUT2D eigenvalue weighted by molar-refractivity contribution is 0.164. The Hall–Kier alpha value is -1.60. The van der Waals surface area contributed by atoms with E-state index in [1.807, 2.05) is 6.92 Å². The Morgan fingerprint density at radius 1 is 1.26 bits per heavy atom. The maximum absolute atomic E-state index is 12.7. The van der Waals surface area contributed by atoms with Gasteiger partial charge in [-0.2, -0.15) is 0 Å². The maximum atomic E-state index is 12.7. The monoisotopic (exact) mass is 337 g/mol. The van der Waals surface area contributed by atoms with Crippen molar-refractivity contribution in [3.8, 4) is 0 Å². The molecule has 0 aliphatic rings. The van der Waals surface area contributed by atoms with E-state index in [1.54, 1.807) is 25.0 Å². The zero-order valence-corrected chi connectivity index (χ0v) is 15.1. The Labute approximate surface area is 139 Å². The van der Waals surface area contributed by atoms with Gasteiger partial charge in [0.15, 0.2) is 0 Å². The largest absolute Gasteiger partial charge is 0.381 e. The topological polar surface area (TPSA) is 66.1 Å². The summed E-state index contributed by atoms with van der Waals surface area (Å²) in [4.78, 5) is 30.0. The summed E-state index contributed by atoms with van der Waals surface area (Å²) >= 11 is 1.59. The standard InChI is InChI=1S/C16H23N3O3S/c1-6-22-7-8-23-13-11(10(2)3)9-17-14-12(13)15(20)19(5)16(21)18(14)4/h9-10H,6-8H2,1-5H3. The molecule has 0 unspecified atom stereocenters. The molecule has 0 aromatic carbocycles. The number of thioether (sulfide) groups is 1. The fourth-order valence-electron chi connectivity index (χ4n) is 2.43. The molecule has 23 heavy (non-hydrogen) atoms. The van der Waals surface area contributed by atoms with Crippen LogP contribution in [-0.2, 0) is 18.8 Å². The van der Waals surface area contributed by atoms with Crippen molar-refractivity contribution in [1.29, 1.82) is 0 Å². The minimum Gasteiger partial charge on any atom is -0.381 e. The highest BCUT2D eigenvalue weighted by atomic mass is 32.2. The molecule has 0 bridgehead atoms. The van der Waals surface area contributed by atoms with Crippen LogP contribution in [0.3, 0.4) is 0 Å². The Morgan fingerprint density at radius 3 is 2.57 bits per heavy atom. The number of hydrogen-bond acceptors (Lipinski definition) is 5. The predicted octanol–water partition coefficient (Wildman–Crippen LogP) is 1.88. The molecule has 0 radical (unpaired) electrons. The molecular weight excluding hydrogens is 314 g/mol. The number of aromatic nitrogens is 3. The minimum absolute atomic E-state index is 0.239. The highest BCUT2D eigenvalue weighted by molar-refractivity contribution is 7.99. The average Bonchev–Trinajstić information content (AvgIpc) is 2.53. The Balaban J connectivity index is 2.70. The van der Waals surface area contributed by atoms with Gasteiger partial charge in [0.05, 0.1) is 12.0 Å². The van der Waals surface area contributed by atoms with Gasteiger partial charge in [0, 0.05) is 37.5 Å². The summed E-state index contributed by atoms with van der Waals surface area (Å²) < 4.78 is 7.95. The second kappa shape index (κ2) is 7.31. The molecule has 0 N–H and O–H groups in total. The number of ether oxygens (including phenoxy) is 1. The van der Waals surface area contributed by atoms with E-state index in [4.69, 9.17) is 4.74 Å². The van der Waals surface area contributed by atoms with Crippen molar-refractivity contribution in [2.75, 3.05) is 19.0 Å². The normalized spacial score (nSPS) is 11.6. The molecule has 0 fully saturated rings. The van der Waals surface area contributed by atoms with Crippen LogP contribution in [0, 0.1) is 0 Å². The van der Waals surface area contributed by atoms with Crippen molar-refractivity contribution < 1.29 is 4.74 Å². The van der Waals surface area contributed by atoms with E-state index in [-0.39, 0.29) is 17.2 Å². The van der Waals surface area contributed by atoms with Gasteiger partial charge in [-0.3, -0.25) is 13.9 Å². The van der Waals surface area contributed by atoms with Crippen LogP contribution in [-0.4, -0.2) is 33.1 Å². The lowest BCUT2D eigenvalue weighted by atomic mass is 10.0. The molecule has 0 aliphatic heterocycles. The summed E-state index contributed by atoms with van der Waals surface area (Å²) in [5.41, 5.74) is 0.797. The zero-order chi connectivity index (χ0) is 17.1. The summed E-state index contributed by atoms with van der Waals surface area (Å²) in [5, 5.41) is 0.516. The molecule has 2 aromatic rings. The molecule has 2 heterocycles. The van der Waals surface area contributed by atoms with Crippen molar-refractivity contribution in [3.05, 3.63) is 32.6 Å². The summed E-state index contributed by atoms with van der Waals surface area (Å²) in [7, 11) is 3.14. The molecule has 7 heteroatoms. The van der Waals surface area contributed by atoms with Crippen molar-refractivity contribution >= 4 is 22.8 Å². The first-order chi connectivity index (χ1) is 10.9. The van der Waals surface area contributed by atoms with Gasteiger partial charge in [-0.05, 0) is 18.4 Å². The summed E-state index contributed by atoms with van der Waals surface area (Å²) in [6.45, 7) is 7.39. The molecular formula is C16H23N3O3S. The van der Waals surface area contributed by atoms with Crippen LogP contribution in [0.1, 0.15) is 32.3 Å². The van der Waals surface area contributed by atoms with Crippen LogP contribution in [0.5, 0.6) is 0 Å².